The van der Waals surface area contributed by atoms with Crippen molar-refractivity contribution in [3.8, 4) is 0 Å². The molecule has 0 spiro atoms. The first-order chi connectivity index (χ1) is 16.8. The summed E-state index contributed by atoms with van der Waals surface area (Å²) in [5.41, 5.74) is 2.13. The Morgan fingerprint density at radius 3 is 2.63 bits per heavy atom. The first kappa shape index (κ1) is 24.8. The van der Waals surface area contributed by atoms with Crippen LogP contribution in [0.5, 0.6) is 0 Å². The van der Waals surface area contributed by atoms with Crippen LogP contribution in [0.4, 0.5) is 5.13 Å². The van der Waals surface area contributed by atoms with Gasteiger partial charge in [0.05, 0.1) is 27.6 Å². The SMILES string of the molecule is CCCCN(C)S(=O)(=O)c1ccc(C(=O)N(N=Cc2ccco2)c2nc3ccc(C)cc3s2)cc1. The quantitative estimate of drug-likeness (QED) is 0.225. The van der Waals surface area contributed by atoms with Gasteiger partial charge in [-0.25, -0.2) is 17.7 Å². The van der Waals surface area contributed by atoms with Gasteiger partial charge in [0.1, 0.15) is 5.76 Å². The second-order valence-electron chi connectivity index (χ2n) is 8.05. The van der Waals surface area contributed by atoms with Crippen molar-refractivity contribution in [1.29, 1.82) is 0 Å². The van der Waals surface area contributed by atoms with Gasteiger partial charge in [0.15, 0.2) is 0 Å². The van der Waals surface area contributed by atoms with Crippen LogP contribution in [-0.4, -0.2) is 43.4 Å². The number of hydrazone groups is 1. The third kappa shape index (κ3) is 5.50. The van der Waals surface area contributed by atoms with Gasteiger partial charge in [-0.05, 0) is 67.4 Å². The third-order valence-electron chi connectivity index (χ3n) is 5.39. The number of nitrogens with zero attached hydrogens (tertiary/aromatic N) is 4. The van der Waals surface area contributed by atoms with Crippen molar-refractivity contribution in [2.75, 3.05) is 18.6 Å². The molecule has 0 atom stereocenters. The third-order valence-corrected chi connectivity index (χ3v) is 8.25. The number of hydrogen-bond donors (Lipinski definition) is 0. The summed E-state index contributed by atoms with van der Waals surface area (Å²) in [6, 6.07) is 15.2. The number of aryl methyl sites for hydroxylation is 1. The second-order valence-corrected chi connectivity index (χ2v) is 11.1. The number of sulfonamides is 1. The summed E-state index contributed by atoms with van der Waals surface area (Å²) in [5, 5.41) is 5.96. The van der Waals surface area contributed by atoms with E-state index in [1.165, 1.54) is 57.4 Å². The minimum Gasteiger partial charge on any atom is -0.463 e. The van der Waals surface area contributed by atoms with Crippen LogP contribution in [0.15, 0.2) is 75.3 Å². The molecule has 10 heteroatoms. The lowest BCUT2D eigenvalue weighted by atomic mass is 10.2. The summed E-state index contributed by atoms with van der Waals surface area (Å²) in [6.07, 6.45) is 4.63. The summed E-state index contributed by atoms with van der Waals surface area (Å²) in [4.78, 5) is 18.2. The Kier molecular flexibility index (Phi) is 7.44. The van der Waals surface area contributed by atoms with E-state index in [9.17, 15) is 13.2 Å². The summed E-state index contributed by atoms with van der Waals surface area (Å²) in [6.45, 7) is 4.44. The highest BCUT2D eigenvalue weighted by Gasteiger charge is 2.24. The number of amides is 1. The normalized spacial score (nSPS) is 12.1. The Labute approximate surface area is 208 Å². The first-order valence-corrected chi connectivity index (χ1v) is 13.4. The highest BCUT2D eigenvalue weighted by molar-refractivity contribution is 7.89. The molecule has 0 aliphatic rings. The van der Waals surface area contributed by atoms with Crippen molar-refractivity contribution in [2.24, 2.45) is 5.10 Å². The number of unbranched alkanes of at least 4 members (excludes halogenated alkanes) is 1. The van der Waals surface area contributed by atoms with Crippen LogP contribution in [0.25, 0.3) is 10.2 Å². The molecule has 4 aromatic rings. The van der Waals surface area contributed by atoms with E-state index in [-0.39, 0.29) is 10.5 Å². The van der Waals surface area contributed by atoms with Gasteiger partial charge in [-0.1, -0.05) is 30.7 Å². The molecule has 2 aromatic heterocycles. The van der Waals surface area contributed by atoms with E-state index in [1.807, 2.05) is 32.0 Å². The fourth-order valence-corrected chi connectivity index (χ4v) is 5.58. The highest BCUT2D eigenvalue weighted by atomic mass is 32.2. The summed E-state index contributed by atoms with van der Waals surface area (Å²) >= 11 is 1.35. The molecule has 35 heavy (non-hydrogen) atoms. The predicted molar refractivity (Wildman–Crippen MR) is 139 cm³/mol. The standard InChI is InChI=1S/C25H26N4O4S2/c1-4-5-14-28(3)35(31,32)21-11-9-19(10-12-21)24(30)29(26-17-20-7-6-15-33-20)25-27-22-13-8-18(2)16-23(22)34-25/h6-13,15-17H,4-5,14H2,1-3H3. The number of rotatable bonds is 9. The monoisotopic (exact) mass is 510 g/mol. The maximum atomic E-state index is 13.5. The number of carbonyl (C=O) groups is 1. The van der Waals surface area contributed by atoms with Crippen molar-refractivity contribution in [2.45, 2.75) is 31.6 Å². The van der Waals surface area contributed by atoms with Crippen molar-refractivity contribution >= 4 is 48.8 Å². The van der Waals surface area contributed by atoms with Crippen LogP contribution in [-0.2, 0) is 10.0 Å². The summed E-state index contributed by atoms with van der Waals surface area (Å²) in [7, 11) is -2.07. The maximum absolute atomic E-state index is 13.5. The maximum Gasteiger partial charge on any atom is 0.280 e. The van der Waals surface area contributed by atoms with Crippen molar-refractivity contribution in [1.82, 2.24) is 9.29 Å². The van der Waals surface area contributed by atoms with E-state index >= 15 is 0 Å². The fraction of sp³-hybridized carbons (Fsp3) is 0.240. The number of fused-ring (bicyclic) bond motifs is 1. The number of benzene rings is 2. The Bertz CT molecular complexity index is 1440. The molecule has 0 unspecified atom stereocenters. The van der Waals surface area contributed by atoms with Gasteiger partial charge >= 0.3 is 0 Å². The second kappa shape index (κ2) is 10.5. The fourth-order valence-electron chi connectivity index (χ4n) is 3.35. The summed E-state index contributed by atoms with van der Waals surface area (Å²) < 4.78 is 33.2. The Morgan fingerprint density at radius 2 is 1.94 bits per heavy atom. The van der Waals surface area contributed by atoms with Crippen LogP contribution in [0.2, 0.25) is 0 Å². The predicted octanol–water partition coefficient (Wildman–Crippen LogP) is 5.30. The number of anilines is 1. The molecule has 182 valence electrons. The molecule has 0 aliphatic heterocycles. The molecule has 2 aromatic carbocycles. The van der Waals surface area contributed by atoms with Gasteiger partial charge in [-0.3, -0.25) is 4.79 Å². The molecule has 0 saturated heterocycles. The molecule has 0 N–H and O–H groups in total. The Balaban J connectivity index is 1.66. The number of furan rings is 1. The lowest BCUT2D eigenvalue weighted by Gasteiger charge is -2.17. The van der Waals surface area contributed by atoms with E-state index in [2.05, 4.69) is 10.1 Å². The van der Waals surface area contributed by atoms with E-state index in [4.69, 9.17) is 4.42 Å². The molecule has 0 radical (unpaired) electrons. The molecule has 4 rings (SSSR count). The lowest BCUT2D eigenvalue weighted by molar-refractivity contribution is 0.0987. The number of thiazole rings is 1. The van der Waals surface area contributed by atoms with Gasteiger partial charge in [0, 0.05) is 19.2 Å². The topological polar surface area (TPSA) is 96.1 Å². The van der Waals surface area contributed by atoms with Gasteiger partial charge in [-0.2, -0.15) is 10.1 Å². The van der Waals surface area contributed by atoms with Gasteiger partial charge in [0.2, 0.25) is 15.2 Å². The van der Waals surface area contributed by atoms with Crippen LogP contribution in [0.3, 0.4) is 0 Å². The smallest absolute Gasteiger partial charge is 0.280 e. The largest absolute Gasteiger partial charge is 0.463 e. The molecule has 0 bridgehead atoms. The Morgan fingerprint density at radius 1 is 1.17 bits per heavy atom. The first-order valence-electron chi connectivity index (χ1n) is 11.1. The molecule has 8 nitrogen and oxygen atoms in total. The molecule has 2 heterocycles. The van der Waals surface area contributed by atoms with Crippen LogP contribution in [0.1, 0.15) is 41.4 Å². The number of hydrogen-bond acceptors (Lipinski definition) is 7. The summed E-state index contributed by atoms with van der Waals surface area (Å²) in [5.74, 6) is 0.0446. The van der Waals surface area contributed by atoms with E-state index in [0.29, 0.717) is 17.4 Å². The van der Waals surface area contributed by atoms with Crippen LogP contribution >= 0.6 is 11.3 Å². The minimum absolute atomic E-state index is 0.133. The van der Waals surface area contributed by atoms with Gasteiger partial charge in [-0.15, -0.1) is 0 Å². The number of carbonyl (C=O) groups excluding carboxylic acids is 1. The van der Waals surface area contributed by atoms with Crippen molar-refractivity contribution in [3.63, 3.8) is 0 Å². The zero-order valence-corrected chi connectivity index (χ0v) is 21.3. The van der Waals surface area contributed by atoms with E-state index < -0.39 is 15.9 Å². The molecule has 1 amide bonds. The molecular weight excluding hydrogens is 484 g/mol. The van der Waals surface area contributed by atoms with Crippen LogP contribution < -0.4 is 5.01 Å². The number of aromatic nitrogens is 1. The zero-order chi connectivity index (χ0) is 25.0. The minimum atomic E-state index is -3.63. The Hall–Kier alpha value is -3.34. The average Bonchev–Trinajstić information content (AvgIpc) is 3.52. The average molecular weight is 511 g/mol. The van der Waals surface area contributed by atoms with Gasteiger partial charge < -0.3 is 4.42 Å². The highest BCUT2D eigenvalue weighted by Crippen LogP contribution is 2.31. The molecule has 0 fully saturated rings. The zero-order valence-electron chi connectivity index (χ0n) is 19.7. The van der Waals surface area contributed by atoms with E-state index in [0.717, 1.165) is 28.6 Å². The van der Waals surface area contributed by atoms with Crippen molar-refractivity contribution < 1.29 is 17.6 Å². The van der Waals surface area contributed by atoms with Crippen LogP contribution in [0, 0.1) is 6.92 Å². The molecule has 0 saturated carbocycles. The molecule has 0 aliphatic carbocycles. The lowest BCUT2D eigenvalue weighted by Crippen LogP contribution is -2.28. The van der Waals surface area contributed by atoms with Gasteiger partial charge in [0.25, 0.3) is 5.91 Å². The van der Waals surface area contributed by atoms with E-state index in [1.54, 1.807) is 19.2 Å². The molecular formula is C25H26N4O4S2. The van der Waals surface area contributed by atoms with Crippen molar-refractivity contribution in [3.05, 3.63) is 77.7 Å².